The molecule has 1 fully saturated rings. The highest BCUT2D eigenvalue weighted by Gasteiger charge is 2.27. The van der Waals surface area contributed by atoms with E-state index in [0.717, 1.165) is 30.6 Å². The van der Waals surface area contributed by atoms with Crippen molar-refractivity contribution in [2.45, 2.75) is 45.9 Å². The Labute approximate surface area is 160 Å². The minimum atomic E-state index is 0.0155. The second-order valence-electron chi connectivity index (χ2n) is 6.78. The van der Waals surface area contributed by atoms with Crippen LogP contribution < -0.4 is 0 Å². The monoisotopic (exact) mass is 372 g/mol. The Hall–Kier alpha value is -2.25. The van der Waals surface area contributed by atoms with Gasteiger partial charge in [-0.15, -0.1) is 0 Å². The van der Waals surface area contributed by atoms with Gasteiger partial charge in [0.2, 0.25) is 0 Å². The Morgan fingerprint density at radius 1 is 1.41 bits per heavy atom. The van der Waals surface area contributed by atoms with Crippen molar-refractivity contribution in [2.75, 3.05) is 26.3 Å². The molecule has 1 aliphatic heterocycles. The molecule has 1 aliphatic rings. The van der Waals surface area contributed by atoms with Gasteiger partial charge >= 0.3 is 0 Å². The number of aryl methyl sites for hydroxylation is 1. The molecule has 0 saturated carbocycles. The zero-order valence-electron chi connectivity index (χ0n) is 16.1. The quantitative estimate of drug-likeness (QED) is 0.666. The van der Waals surface area contributed by atoms with Gasteiger partial charge in [0.25, 0.3) is 5.91 Å². The van der Waals surface area contributed by atoms with Gasteiger partial charge in [0, 0.05) is 32.1 Å². The van der Waals surface area contributed by atoms with E-state index >= 15 is 0 Å². The number of carbonyl (C=O) groups excluding carboxylic acids is 1. The molecule has 2 aromatic heterocycles. The Kier molecular flexibility index (Phi) is 6.95. The Bertz CT molecular complexity index is 732. The topological polar surface area (TPSA) is 69.5 Å². The Balaban J connectivity index is 1.59. The van der Waals surface area contributed by atoms with Gasteiger partial charge in [0.1, 0.15) is 5.69 Å². The maximum atomic E-state index is 13.0. The van der Waals surface area contributed by atoms with Crippen LogP contribution >= 0.6 is 0 Å². The van der Waals surface area contributed by atoms with Crippen LogP contribution in [0.25, 0.3) is 0 Å². The van der Waals surface area contributed by atoms with Gasteiger partial charge in [-0.1, -0.05) is 6.07 Å². The normalized spacial score (nSPS) is 17.3. The number of ether oxygens (including phenoxy) is 2. The van der Waals surface area contributed by atoms with Gasteiger partial charge in [0.05, 0.1) is 31.6 Å². The SMILES string of the molecule is CCOCCn1nc(C)cc1C(=O)N1CCCC(OCc2cccnc2)C1. The summed E-state index contributed by atoms with van der Waals surface area (Å²) in [5, 5.41) is 4.44. The minimum Gasteiger partial charge on any atom is -0.380 e. The summed E-state index contributed by atoms with van der Waals surface area (Å²) in [7, 11) is 0. The van der Waals surface area contributed by atoms with Crippen molar-refractivity contribution in [3.8, 4) is 0 Å². The van der Waals surface area contributed by atoms with Crippen molar-refractivity contribution in [1.29, 1.82) is 0 Å². The van der Waals surface area contributed by atoms with Crippen LogP contribution in [-0.4, -0.2) is 58.0 Å². The number of nitrogens with zero attached hydrogens (tertiary/aromatic N) is 4. The summed E-state index contributed by atoms with van der Waals surface area (Å²) >= 11 is 0. The molecule has 0 spiro atoms. The first kappa shape index (κ1) is 19.5. The average molecular weight is 372 g/mol. The summed E-state index contributed by atoms with van der Waals surface area (Å²) in [4.78, 5) is 19.0. The van der Waals surface area contributed by atoms with E-state index in [9.17, 15) is 4.79 Å². The first-order chi connectivity index (χ1) is 13.2. The second-order valence-corrected chi connectivity index (χ2v) is 6.78. The third-order valence-electron chi connectivity index (χ3n) is 4.65. The van der Waals surface area contributed by atoms with Gasteiger partial charge < -0.3 is 14.4 Å². The third-order valence-corrected chi connectivity index (χ3v) is 4.65. The summed E-state index contributed by atoms with van der Waals surface area (Å²) in [6, 6.07) is 5.76. The lowest BCUT2D eigenvalue weighted by Crippen LogP contribution is -2.43. The number of carbonyl (C=O) groups is 1. The van der Waals surface area contributed by atoms with Crippen molar-refractivity contribution in [3.63, 3.8) is 0 Å². The molecular formula is C20H28N4O3. The van der Waals surface area contributed by atoms with Crippen molar-refractivity contribution in [2.24, 2.45) is 0 Å². The standard InChI is InChI=1S/C20H28N4O3/c1-3-26-11-10-24-19(12-16(2)22-24)20(25)23-9-5-7-18(14-23)27-15-17-6-4-8-21-13-17/h4,6,8,12-13,18H,3,5,7,9-11,14-15H2,1-2H3. The molecule has 1 amide bonds. The van der Waals surface area contributed by atoms with Gasteiger partial charge in [-0.3, -0.25) is 14.5 Å². The van der Waals surface area contributed by atoms with E-state index in [2.05, 4.69) is 10.1 Å². The van der Waals surface area contributed by atoms with Crippen LogP contribution in [0.4, 0.5) is 0 Å². The van der Waals surface area contributed by atoms with Crippen molar-refractivity contribution >= 4 is 5.91 Å². The molecule has 7 heteroatoms. The van der Waals surface area contributed by atoms with Crippen LogP contribution in [0.15, 0.2) is 30.6 Å². The first-order valence-corrected chi connectivity index (χ1v) is 9.59. The molecule has 3 heterocycles. The smallest absolute Gasteiger partial charge is 0.272 e. The van der Waals surface area contributed by atoms with E-state index in [4.69, 9.17) is 9.47 Å². The van der Waals surface area contributed by atoms with Gasteiger partial charge in [0.15, 0.2) is 0 Å². The first-order valence-electron chi connectivity index (χ1n) is 9.59. The number of likely N-dealkylation sites (tertiary alicyclic amines) is 1. The molecule has 1 saturated heterocycles. The highest BCUT2D eigenvalue weighted by molar-refractivity contribution is 5.92. The number of hydrogen-bond donors (Lipinski definition) is 0. The number of aromatic nitrogens is 3. The maximum absolute atomic E-state index is 13.0. The lowest BCUT2D eigenvalue weighted by atomic mass is 10.1. The highest BCUT2D eigenvalue weighted by atomic mass is 16.5. The summed E-state index contributed by atoms with van der Waals surface area (Å²) < 4.78 is 13.2. The van der Waals surface area contributed by atoms with Crippen LogP contribution in [-0.2, 0) is 22.6 Å². The largest absolute Gasteiger partial charge is 0.380 e. The van der Waals surface area contributed by atoms with Crippen molar-refractivity contribution in [3.05, 3.63) is 47.5 Å². The number of amides is 1. The molecule has 0 aliphatic carbocycles. The van der Waals surface area contributed by atoms with Crippen LogP contribution in [0.3, 0.4) is 0 Å². The minimum absolute atomic E-state index is 0.0155. The predicted molar refractivity (Wildman–Crippen MR) is 101 cm³/mol. The molecule has 0 N–H and O–H groups in total. The van der Waals surface area contributed by atoms with Crippen LogP contribution in [0.5, 0.6) is 0 Å². The molecule has 146 valence electrons. The molecule has 7 nitrogen and oxygen atoms in total. The van der Waals surface area contributed by atoms with Gasteiger partial charge in [-0.2, -0.15) is 5.10 Å². The number of hydrogen-bond acceptors (Lipinski definition) is 5. The lowest BCUT2D eigenvalue weighted by Gasteiger charge is -2.32. The molecule has 0 bridgehead atoms. The summed E-state index contributed by atoms with van der Waals surface area (Å²) in [5.41, 5.74) is 2.52. The molecule has 3 rings (SSSR count). The third kappa shape index (κ3) is 5.37. The predicted octanol–water partition coefficient (Wildman–Crippen LogP) is 2.44. The lowest BCUT2D eigenvalue weighted by molar-refractivity contribution is -0.00719. The fourth-order valence-electron chi connectivity index (χ4n) is 3.30. The van der Waals surface area contributed by atoms with E-state index in [1.165, 1.54) is 0 Å². The summed E-state index contributed by atoms with van der Waals surface area (Å²) in [6.45, 7) is 7.53. The number of pyridine rings is 1. The van der Waals surface area contributed by atoms with E-state index in [-0.39, 0.29) is 12.0 Å². The maximum Gasteiger partial charge on any atom is 0.272 e. The molecule has 1 atom stereocenters. The molecule has 0 aromatic carbocycles. The molecular weight excluding hydrogens is 344 g/mol. The van der Waals surface area contributed by atoms with E-state index < -0.39 is 0 Å². The van der Waals surface area contributed by atoms with Gasteiger partial charge in [-0.05, 0) is 44.4 Å². The molecule has 0 radical (unpaired) electrons. The molecule has 27 heavy (non-hydrogen) atoms. The highest BCUT2D eigenvalue weighted by Crippen LogP contribution is 2.18. The number of piperidine rings is 1. The summed E-state index contributed by atoms with van der Waals surface area (Å²) in [5.74, 6) is 0.0155. The van der Waals surface area contributed by atoms with Crippen molar-refractivity contribution < 1.29 is 14.3 Å². The average Bonchev–Trinajstić information content (AvgIpc) is 3.07. The zero-order valence-corrected chi connectivity index (χ0v) is 16.1. The number of rotatable bonds is 8. The molecule has 2 aromatic rings. The fraction of sp³-hybridized carbons (Fsp3) is 0.550. The van der Waals surface area contributed by atoms with Crippen LogP contribution in [0, 0.1) is 6.92 Å². The second kappa shape index (κ2) is 9.62. The van der Waals surface area contributed by atoms with E-state index in [0.29, 0.717) is 38.6 Å². The Morgan fingerprint density at radius 2 is 2.30 bits per heavy atom. The van der Waals surface area contributed by atoms with Crippen LogP contribution in [0.1, 0.15) is 41.5 Å². The zero-order chi connectivity index (χ0) is 19.1. The Morgan fingerprint density at radius 3 is 3.07 bits per heavy atom. The van der Waals surface area contributed by atoms with E-state index in [1.54, 1.807) is 10.9 Å². The summed E-state index contributed by atoms with van der Waals surface area (Å²) in [6.07, 6.45) is 5.51. The van der Waals surface area contributed by atoms with E-state index in [1.807, 2.05) is 43.1 Å². The van der Waals surface area contributed by atoms with Crippen LogP contribution in [0.2, 0.25) is 0 Å². The fourth-order valence-corrected chi connectivity index (χ4v) is 3.30. The van der Waals surface area contributed by atoms with Crippen molar-refractivity contribution in [1.82, 2.24) is 19.7 Å². The van der Waals surface area contributed by atoms with Gasteiger partial charge in [-0.25, -0.2) is 0 Å². The molecule has 1 unspecified atom stereocenters.